The summed E-state index contributed by atoms with van der Waals surface area (Å²) in [7, 11) is 0. The van der Waals surface area contributed by atoms with Gasteiger partial charge in [-0.2, -0.15) is 0 Å². The first-order chi connectivity index (χ1) is 12.1. The van der Waals surface area contributed by atoms with Gasteiger partial charge in [0.1, 0.15) is 5.82 Å². The first kappa shape index (κ1) is 17.1. The van der Waals surface area contributed by atoms with Crippen LogP contribution in [-0.2, 0) is 29.0 Å². The smallest absolute Gasteiger partial charge is 0.226 e. The molecule has 0 bridgehead atoms. The lowest BCUT2D eigenvalue weighted by Crippen LogP contribution is -2.27. The lowest BCUT2D eigenvalue weighted by atomic mass is 10.1. The second-order valence-corrected chi connectivity index (χ2v) is 6.19. The second-order valence-electron chi connectivity index (χ2n) is 6.19. The molecule has 0 aliphatic carbocycles. The van der Waals surface area contributed by atoms with Crippen LogP contribution in [0.3, 0.4) is 0 Å². The third-order valence-electron chi connectivity index (χ3n) is 4.41. The molecule has 0 radical (unpaired) electrons. The maximum Gasteiger partial charge on any atom is 0.226 e. The SMILES string of the molecule is CCC(=O)N1CCc2cc(CNC(=O)Cc3ccc(F)cc3)ccc21. The Bertz CT molecular complexity index is 787. The first-order valence-electron chi connectivity index (χ1n) is 8.50. The standard InChI is InChI=1S/C20H21FN2O2/c1-2-20(25)23-10-9-16-11-15(5-8-18(16)23)13-22-19(24)12-14-3-6-17(21)7-4-14/h3-8,11H,2,9-10,12-13H2,1H3,(H,22,24). The van der Waals surface area contributed by atoms with E-state index in [1.807, 2.05) is 24.0 Å². The van der Waals surface area contributed by atoms with Crippen LogP contribution in [0.1, 0.15) is 30.0 Å². The van der Waals surface area contributed by atoms with Gasteiger partial charge < -0.3 is 10.2 Å². The molecule has 0 fully saturated rings. The van der Waals surface area contributed by atoms with Crippen LogP contribution >= 0.6 is 0 Å². The van der Waals surface area contributed by atoms with Crippen molar-refractivity contribution < 1.29 is 14.0 Å². The van der Waals surface area contributed by atoms with E-state index in [0.29, 0.717) is 13.0 Å². The normalized spacial score (nSPS) is 12.8. The number of amides is 2. The van der Waals surface area contributed by atoms with Gasteiger partial charge in [-0.25, -0.2) is 4.39 Å². The molecule has 0 saturated carbocycles. The van der Waals surface area contributed by atoms with Crippen molar-refractivity contribution in [3.8, 4) is 0 Å². The molecule has 4 nitrogen and oxygen atoms in total. The molecule has 2 amide bonds. The zero-order valence-corrected chi connectivity index (χ0v) is 14.2. The Morgan fingerprint density at radius 1 is 1.12 bits per heavy atom. The summed E-state index contributed by atoms with van der Waals surface area (Å²) in [6.07, 6.45) is 1.57. The number of rotatable bonds is 5. The number of carbonyl (C=O) groups excluding carboxylic acids is 2. The average Bonchev–Trinajstić information content (AvgIpc) is 3.04. The summed E-state index contributed by atoms with van der Waals surface area (Å²) < 4.78 is 12.9. The average molecular weight is 340 g/mol. The number of hydrogen-bond donors (Lipinski definition) is 1. The lowest BCUT2D eigenvalue weighted by molar-refractivity contribution is -0.120. The highest BCUT2D eigenvalue weighted by Gasteiger charge is 2.23. The van der Waals surface area contributed by atoms with Crippen LogP contribution in [0, 0.1) is 5.82 Å². The summed E-state index contributed by atoms with van der Waals surface area (Å²) in [5.74, 6) is -0.271. The molecule has 25 heavy (non-hydrogen) atoms. The number of fused-ring (bicyclic) bond motifs is 1. The van der Waals surface area contributed by atoms with Crippen LogP contribution in [0.4, 0.5) is 10.1 Å². The molecule has 0 spiro atoms. The van der Waals surface area contributed by atoms with Crippen LogP contribution in [0.2, 0.25) is 0 Å². The van der Waals surface area contributed by atoms with Gasteiger partial charge in [0.15, 0.2) is 0 Å². The lowest BCUT2D eigenvalue weighted by Gasteiger charge is -2.16. The first-order valence-corrected chi connectivity index (χ1v) is 8.50. The Kier molecular flexibility index (Phi) is 5.12. The van der Waals surface area contributed by atoms with Gasteiger partial charge in [0.2, 0.25) is 11.8 Å². The summed E-state index contributed by atoms with van der Waals surface area (Å²) in [6, 6.07) is 11.9. The Morgan fingerprint density at radius 3 is 2.56 bits per heavy atom. The molecule has 130 valence electrons. The Labute approximate surface area is 146 Å². The van der Waals surface area contributed by atoms with Gasteiger partial charge in [-0.05, 0) is 41.3 Å². The number of carbonyl (C=O) groups is 2. The number of halogens is 1. The largest absolute Gasteiger partial charge is 0.352 e. The molecule has 1 heterocycles. The van der Waals surface area contributed by atoms with Gasteiger partial charge in [-0.15, -0.1) is 0 Å². The molecule has 0 aromatic heterocycles. The number of nitrogens with one attached hydrogen (secondary N) is 1. The van der Waals surface area contributed by atoms with Gasteiger partial charge in [0.25, 0.3) is 0 Å². The minimum Gasteiger partial charge on any atom is -0.352 e. The van der Waals surface area contributed by atoms with Gasteiger partial charge in [0.05, 0.1) is 6.42 Å². The summed E-state index contributed by atoms with van der Waals surface area (Å²) in [5, 5.41) is 2.89. The molecular weight excluding hydrogens is 319 g/mol. The van der Waals surface area contributed by atoms with Gasteiger partial charge in [-0.3, -0.25) is 9.59 Å². The van der Waals surface area contributed by atoms with Crippen LogP contribution in [0.5, 0.6) is 0 Å². The third kappa shape index (κ3) is 4.05. The fraction of sp³-hybridized carbons (Fsp3) is 0.300. The van der Waals surface area contributed by atoms with Gasteiger partial charge in [-0.1, -0.05) is 31.2 Å². The van der Waals surface area contributed by atoms with Crippen molar-refractivity contribution in [3.63, 3.8) is 0 Å². The van der Waals surface area contributed by atoms with E-state index in [-0.39, 0.29) is 24.1 Å². The maximum absolute atomic E-state index is 12.9. The minimum atomic E-state index is -0.308. The number of anilines is 1. The molecule has 1 aliphatic rings. The van der Waals surface area contributed by atoms with Gasteiger partial charge in [0, 0.05) is 25.2 Å². The van der Waals surface area contributed by atoms with E-state index in [9.17, 15) is 14.0 Å². The highest BCUT2D eigenvalue weighted by Crippen LogP contribution is 2.29. The number of hydrogen-bond acceptors (Lipinski definition) is 2. The van der Waals surface area contributed by atoms with E-state index in [1.165, 1.54) is 12.1 Å². The molecular formula is C20H21FN2O2. The fourth-order valence-corrected chi connectivity index (χ4v) is 3.07. The van der Waals surface area contributed by atoms with E-state index in [4.69, 9.17) is 0 Å². The highest BCUT2D eigenvalue weighted by atomic mass is 19.1. The van der Waals surface area contributed by atoms with E-state index in [2.05, 4.69) is 11.4 Å². The summed E-state index contributed by atoms with van der Waals surface area (Å²) >= 11 is 0. The minimum absolute atomic E-state index is 0.102. The van der Waals surface area contributed by atoms with Crippen LogP contribution in [0.25, 0.3) is 0 Å². The molecule has 0 saturated heterocycles. The monoisotopic (exact) mass is 340 g/mol. The van der Waals surface area contributed by atoms with Crippen LogP contribution < -0.4 is 10.2 Å². The van der Waals surface area contributed by atoms with Crippen molar-refractivity contribution in [2.75, 3.05) is 11.4 Å². The Hall–Kier alpha value is -2.69. The van der Waals surface area contributed by atoms with Crippen molar-refractivity contribution in [1.82, 2.24) is 5.32 Å². The second kappa shape index (κ2) is 7.47. The summed E-state index contributed by atoms with van der Waals surface area (Å²) in [6.45, 7) is 3.03. The van der Waals surface area contributed by atoms with Crippen molar-refractivity contribution in [3.05, 3.63) is 65.0 Å². The van der Waals surface area contributed by atoms with Crippen molar-refractivity contribution in [2.45, 2.75) is 32.7 Å². The zero-order chi connectivity index (χ0) is 17.8. The van der Waals surface area contributed by atoms with Crippen LogP contribution in [-0.4, -0.2) is 18.4 Å². The van der Waals surface area contributed by atoms with E-state index >= 15 is 0 Å². The van der Waals surface area contributed by atoms with Crippen LogP contribution in [0.15, 0.2) is 42.5 Å². The topological polar surface area (TPSA) is 49.4 Å². The van der Waals surface area contributed by atoms with Crippen molar-refractivity contribution in [2.24, 2.45) is 0 Å². The van der Waals surface area contributed by atoms with Gasteiger partial charge >= 0.3 is 0 Å². The van der Waals surface area contributed by atoms with Crippen molar-refractivity contribution >= 4 is 17.5 Å². The predicted molar refractivity (Wildman–Crippen MR) is 94.7 cm³/mol. The van der Waals surface area contributed by atoms with E-state index in [0.717, 1.165) is 35.3 Å². The molecule has 0 unspecified atom stereocenters. The molecule has 2 aromatic rings. The summed E-state index contributed by atoms with van der Waals surface area (Å²) in [5.41, 5.74) is 3.92. The Balaban J connectivity index is 1.58. The quantitative estimate of drug-likeness (QED) is 0.910. The van der Waals surface area contributed by atoms with Crippen molar-refractivity contribution in [1.29, 1.82) is 0 Å². The Morgan fingerprint density at radius 2 is 1.84 bits per heavy atom. The highest BCUT2D eigenvalue weighted by molar-refractivity contribution is 5.95. The summed E-state index contributed by atoms with van der Waals surface area (Å²) in [4.78, 5) is 25.8. The molecule has 0 atom stereocenters. The van der Waals surface area contributed by atoms with E-state index < -0.39 is 0 Å². The predicted octanol–water partition coefficient (Wildman–Crippen LogP) is 2.98. The number of benzene rings is 2. The molecule has 5 heteroatoms. The fourth-order valence-electron chi connectivity index (χ4n) is 3.07. The third-order valence-corrected chi connectivity index (χ3v) is 4.41. The molecule has 3 rings (SSSR count). The van der Waals surface area contributed by atoms with E-state index in [1.54, 1.807) is 12.1 Å². The molecule has 1 aliphatic heterocycles. The molecule has 2 aromatic carbocycles. The number of nitrogens with zero attached hydrogens (tertiary/aromatic N) is 1. The zero-order valence-electron chi connectivity index (χ0n) is 14.2. The molecule has 1 N–H and O–H groups in total. The maximum atomic E-state index is 12.9.